The van der Waals surface area contributed by atoms with Gasteiger partial charge in [0.05, 0.1) is 10.8 Å². The number of piperidine rings is 1. The largest absolute Gasteiger partial charge is 0.481 e. The highest BCUT2D eigenvalue weighted by molar-refractivity contribution is 5.94. The van der Waals surface area contributed by atoms with Crippen LogP contribution in [-0.2, 0) is 16.1 Å². The molecule has 0 amide bonds. The molecule has 0 bridgehead atoms. The van der Waals surface area contributed by atoms with Crippen LogP contribution in [0.15, 0.2) is 18.2 Å². The highest BCUT2D eigenvalue weighted by Gasteiger charge is 2.80. The van der Waals surface area contributed by atoms with E-state index in [2.05, 4.69) is 0 Å². The second kappa shape index (κ2) is 4.27. The van der Waals surface area contributed by atoms with Gasteiger partial charge in [0, 0.05) is 19.6 Å². The second-order valence-electron chi connectivity index (χ2n) is 6.23. The van der Waals surface area contributed by atoms with Gasteiger partial charge in [-0.15, -0.1) is 0 Å². The average molecular weight is 293 g/mol. The number of benzene rings is 1. The molecule has 2 aliphatic rings. The summed E-state index contributed by atoms with van der Waals surface area (Å²) >= 11 is 0. The highest BCUT2D eigenvalue weighted by Crippen LogP contribution is 2.68. The summed E-state index contributed by atoms with van der Waals surface area (Å²) < 4.78 is 13.4. The van der Waals surface area contributed by atoms with Crippen LogP contribution in [0.1, 0.15) is 17.5 Å². The number of hydrogen-bond donors (Lipinski definition) is 2. The van der Waals surface area contributed by atoms with E-state index in [1.54, 1.807) is 11.8 Å². The predicted octanol–water partition coefficient (Wildman–Crippen LogP) is 1.50. The molecule has 1 aromatic carbocycles. The van der Waals surface area contributed by atoms with E-state index in [1.807, 2.05) is 6.07 Å². The van der Waals surface area contributed by atoms with Crippen molar-refractivity contribution in [2.75, 3.05) is 13.1 Å². The Hall–Kier alpha value is -1.95. The zero-order valence-electron chi connectivity index (χ0n) is 11.6. The van der Waals surface area contributed by atoms with Crippen LogP contribution < -0.4 is 0 Å². The number of fused-ring (bicyclic) bond motifs is 1. The minimum Gasteiger partial charge on any atom is -0.481 e. The molecule has 2 atom stereocenters. The fourth-order valence-electron chi connectivity index (χ4n) is 3.67. The zero-order valence-corrected chi connectivity index (χ0v) is 11.6. The first-order chi connectivity index (χ1) is 9.79. The first-order valence-corrected chi connectivity index (χ1v) is 6.74. The van der Waals surface area contributed by atoms with E-state index < -0.39 is 22.8 Å². The number of aryl methyl sites for hydroxylation is 1. The van der Waals surface area contributed by atoms with Gasteiger partial charge in [0.25, 0.3) is 0 Å². The molecule has 3 rings (SSSR count). The summed E-state index contributed by atoms with van der Waals surface area (Å²) in [6, 6.07) is 4.65. The van der Waals surface area contributed by atoms with Crippen molar-refractivity contribution in [1.82, 2.24) is 4.90 Å². The molecule has 21 heavy (non-hydrogen) atoms. The van der Waals surface area contributed by atoms with Crippen LogP contribution in [0, 0.1) is 23.6 Å². The Kier molecular flexibility index (Phi) is 2.85. The Balaban J connectivity index is 1.81. The van der Waals surface area contributed by atoms with Crippen molar-refractivity contribution in [1.29, 1.82) is 0 Å². The van der Waals surface area contributed by atoms with Gasteiger partial charge in [0.15, 0.2) is 0 Å². The van der Waals surface area contributed by atoms with Crippen LogP contribution in [0.2, 0.25) is 0 Å². The van der Waals surface area contributed by atoms with E-state index in [1.165, 1.54) is 12.1 Å². The van der Waals surface area contributed by atoms with Gasteiger partial charge >= 0.3 is 11.9 Å². The number of halogens is 1. The lowest BCUT2D eigenvalue weighted by Crippen LogP contribution is -2.28. The highest BCUT2D eigenvalue weighted by atomic mass is 19.1. The smallest absolute Gasteiger partial charge is 0.312 e. The molecule has 1 heterocycles. The fourth-order valence-corrected chi connectivity index (χ4v) is 3.67. The number of carbonyl (C=O) groups is 2. The molecular formula is C15H16FNO4. The fraction of sp³-hybridized carbons (Fsp3) is 0.467. The monoisotopic (exact) mass is 293 g/mol. The summed E-state index contributed by atoms with van der Waals surface area (Å²) in [6.45, 7) is 2.54. The lowest BCUT2D eigenvalue weighted by molar-refractivity contribution is -0.151. The molecule has 1 saturated carbocycles. The summed E-state index contributed by atoms with van der Waals surface area (Å²) in [7, 11) is 0. The third-order valence-electron chi connectivity index (χ3n) is 4.71. The van der Waals surface area contributed by atoms with E-state index >= 15 is 0 Å². The Morgan fingerprint density at radius 3 is 2.24 bits per heavy atom. The van der Waals surface area contributed by atoms with Gasteiger partial charge < -0.3 is 10.2 Å². The van der Waals surface area contributed by atoms with Crippen molar-refractivity contribution in [3.8, 4) is 0 Å². The van der Waals surface area contributed by atoms with Gasteiger partial charge in [0.1, 0.15) is 5.82 Å². The third kappa shape index (κ3) is 1.93. The molecule has 1 aliphatic heterocycles. The Morgan fingerprint density at radius 1 is 1.19 bits per heavy atom. The first kappa shape index (κ1) is 14.0. The SMILES string of the molecule is Cc1cc(F)cc(CN2C[C@@]3(C(=O)O)C[C@@]3(C(=O)O)C2)c1. The molecular weight excluding hydrogens is 277 g/mol. The van der Waals surface area contributed by atoms with Gasteiger partial charge in [0.2, 0.25) is 0 Å². The van der Waals surface area contributed by atoms with Gasteiger partial charge in [-0.1, -0.05) is 6.07 Å². The molecule has 0 radical (unpaired) electrons. The van der Waals surface area contributed by atoms with Gasteiger partial charge in [-0.05, 0) is 36.6 Å². The maximum absolute atomic E-state index is 13.4. The van der Waals surface area contributed by atoms with Crippen molar-refractivity contribution in [3.63, 3.8) is 0 Å². The van der Waals surface area contributed by atoms with Gasteiger partial charge in [-0.3, -0.25) is 14.5 Å². The quantitative estimate of drug-likeness (QED) is 0.879. The maximum Gasteiger partial charge on any atom is 0.312 e. The average Bonchev–Trinajstić information content (AvgIpc) is 2.88. The Morgan fingerprint density at radius 2 is 1.76 bits per heavy atom. The summed E-state index contributed by atoms with van der Waals surface area (Å²) in [5.41, 5.74) is -0.840. The Bertz CT molecular complexity index is 598. The molecule has 5 nitrogen and oxygen atoms in total. The molecule has 1 saturated heterocycles. The lowest BCUT2D eigenvalue weighted by Gasteiger charge is -2.19. The van der Waals surface area contributed by atoms with Gasteiger partial charge in [-0.2, -0.15) is 0 Å². The summed E-state index contributed by atoms with van der Waals surface area (Å²) in [4.78, 5) is 24.7. The third-order valence-corrected chi connectivity index (χ3v) is 4.71. The molecule has 1 aliphatic carbocycles. The molecule has 1 aromatic rings. The molecule has 2 fully saturated rings. The molecule has 6 heteroatoms. The number of hydrogen-bond acceptors (Lipinski definition) is 3. The summed E-state index contributed by atoms with van der Waals surface area (Å²) in [6.07, 6.45) is 0.184. The second-order valence-corrected chi connectivity index (χ2v) is 6.23. The van der Waals surface area contributed by atoms with E-state index in [0.29, 0.717) is 6.54 Å². The van der Waals surface area contributed by atoms with Crippen molar-refractivity contribution in [2.45, 2.75) is 19.9 Å². The van der Waals surface area contributed by atoms with Crippen LogP contribution in [-0.4, -0.2) is 40.1 Å². The molecule has 112 valence electrons. The molecule has 0 aromatic heterocycles. The van der Waals surface area contributed by atoms with Crippen LogP contribution in [0.5, 0.6) is 0 Å². The van der Waals surface area contributed by atoms with Crippen molar-refractivity contribution in [2.24, 2.45) is 10.8 Å². The van der Waals surface area contributed by atoms with Crippen LogP contribution in [0.25, 0.3) is 0 Å². The van der Waals surface area contributed by atoms with Crippen molar-refractivity contribution in [3.05, 3.63) is 35.1 Å². The van der Waals surface area contributed by atoms with E-state index in [0.717, 1.165) is 11.1 Å². The van der Waals surface area contributed by atoms with Crippen LogP contribution in [0.4, 0.5) is 4.39 Å². The molecule has 0 unspecified atom stereocenters. The number of carboxylic acid groups (broad SMARTS) is 2. The van der Waals surface area contributed by atoms with Crippen molar-refractivity contribution < 1.29 is 24.2 Å². The van der Waals surface area contributed by atoms with Crippen LogP contribution in [0.3, 0.4) is 0 Å². The minimum atomic E-state index is -1.18. The van der Waals surface area contributed by atoms with Crippen LogP contribution >= 0.6 is 0 Å². The normalized spacial score (nSPS) is 31.0. The first-order valence-electron chi connectivity index (χ1n) is 6.74. The number of nitrogens with zero attached hydrogens (tertiary/aromatic N) is 1. The predicted molar refractivity (Wildman–Crippen MR) is 71.2 cm³/mol. The number of rotatable bonds is 4. The number of likely N-dealkylation sites (tertiary alicyclic amines) is 1. The van der Waals surface area contributed by atoms with E-state index in [9.17, 15) is 24.2 Å². The summed E-state index contributed by atoms with van der Waals surface area (Å²) in [5.74, 6) is -2.44. The van der Waals surface area contributed by atoms with Gasteiger partial charge in [-0.25, -0.2) is 4.39 Å². The van der Waals surface area contributed by atoms with E-state index in [4.69, 9.17) is 0 Å². The lowest BCUT2D eigenvalue weighted by atomic mass is 9.97. The minimum absolute atomic E-state index is 0.184. The summed E-state index contributed by atoms with van der Waals surface area (Å²) in [5, 5.41) is 18.7. The van der Waals surface area contributed by atoms with E-state index in [-0.39, 0.29) is 25.3 Å². The standard InChI is InChI=1S/C15H16FNO4/c1-9-2-10(4-11(16)3-9)5-17-7-14(12(18)19)6-15(14,8-17)13(20)21/h2-4H,5-8H2,1H3,(H,18,19)(H,20,21)/t14-,15+. The maximum atomic E-state index is 13.4. The number of aliphatic carboxylic acids is 2. The number of carboxylic acids is 2. The zero-order chi connectivity index (χ0) is 15.4. The Labute approximate surface area is 121 Å². The van der Waals surface area contributed by atoms with Crippen molar-refractivity contribution >= 4 is 11.9 Å². The molecule has 0 spiro atoms. The topological polar surface area (TPSA) is 77.8 Å². The molecule has 2 N–H and O–H groups in total.